The predicted octanol–water partition coefficient (Wildman–Crippen LogP) is 15.1. The summed E-state index contributed by atoms with van der Waals surface area (Å²) in [4.78, 5) is 3.80. The Morgan fingerprint density at radius 2 is 0.912 bits per heavy atom. The number of benzene rings is 10. The molecule has 2 nitrogen and oxygen atoms in total. The Labute approximate surface area is 329 Å². The zero-order valence-corrected chi connectivity index (χ0v) is 31.4. The fourth-order valence-electron chi connectivity index (χ4n) is 9.71. The van der Waals surface area contributed by atoms with Crippen LogP contribution >= 0.6 is 0 Å². The first kappa shape index (κ1) is 31.9. The van der Waals surface area contributed by atoms with E-state index in [0.717, 1.165) is 5.52 Å². The van der Waals surface area contributed by atoms with Gasteiger partial charge in [-0.25, -0.2) is 0 Å². The summed E-state index contributed by atoms with van der Waals surface area (Å²) >= 11 is 0. The van der Waals surface area contributed by atoms with E-state index in [0.29, 0.717) is 0 Å². The standard InChI is InChI=1S/C55H36N2/c1-57-52-26-8-6-16-42(52)48-24-12-23-47(55(48)57)40-18-10-20-44-50(40)33-49-39(45-21-11-22-46-41-15-5-7-25-51(41)56-54(45)46)17-9-19-43(49)53(44)38-30-29-36-31-35(27-28-37(36)32-38)34-13-3-2-4-14-34/h2-33,56H,1H3. The van der Waals surface area contributed by atoms with Crippen LogP contribution in [-0.2, 0) is 7.05 Å². The van der Waals surface area contributed by atoms with E-state index in [2.05, 4.69) is 211 Å². The summed E-state index contributed by atoms with van der Waals surface area (Å²) < 4.78 is 2.37. The van der Waals surface area contributed by atoms with E-state index in [1.807, 2.05) is 0 Å². The molecular weight excluding hydrogens is 689 g/mol. The Bertz CT molecular complexity index is 3580. The Kier molecular flexibility index (Phi) is 6.88. The minimum Gasteiger partial charge on any atom is -0.354 e. The maximum atomic E-state index is 3.80. The molecule has 0 spiro atoms. The van der Waals surface area contributed by atoms with Crippen LogP contribution in [0.4, 0.5) is 0 Å². The minimum atomic E-state index is 1.16. The van der Waals surface area contributed by atoms with Gasteiger partial charge < -0.3 is 9.55 Å². The number of H-pyrrole nitrogens is 1. The van der Waals surface area contributed by atoms with Crippen LogP contribution in [0.2, 0.25) is 0 Å². The Morgan fingerprint density at radius 1 is 0.351 bits per heavy atom. The van der Waals surface area contributed by atoms with Gasteiger partial charge >= 0.3 is 0 Å². The number of hydrogen-bond donors (Lipinski definition) is 1. The van der Waals surface area contributed by atoms with Crippen LogP contribution in [0.25, 0.3) is 120 Å². The van der Waals surface area contributed by atoms with Crippen molar-refractivity contribution < 1.29 is 0 Å². The Balaban J connectivity index is 1.17. The van der Waals surface area contributed by atoms with Crippen LogP contribution in [0.3, 0.4) is 0 Å². The highest BCUT2D eigenvalue weighted by Gasteiger charge is 2.20. The summed E-state index contributed by atoms with van der Waals surface area (Å²) in [6, 6.07) is 71.6. The second-order valence-electron chi connectivity index (χ2n) is 15.4. The van der Waals surface area contributed by atoms with Gasteiger partial charge in [0.1, 0.15) is 0 Å². The van der Waals surface area contributed by atoms with Gasteiger partial charge in [-0.1, -0.05) is 164 Å². The average molecular weight is 725 g/mol. The molecule has 0 aliphatic carbocycles. The number of nitrogens with zero attached hydrogens (tertiary/aromatic N) is 1. The SMILES string of the molecule is Cn1c2ccccc2c2cccc(-c3cccc4c(-c5ccc6cc(-c7ccccc7)ccc6c5)c5cccc(-c6cccc7c6[nH]c6ccccc67)c5cc34)c21. The molecule has 0 bridgehead atoms. The third kappa shape index (κ3) is 4.77. The normalized spacial score (nSPS) is 11.9. The van der Waals surface area contributed by atoms with Crippen molar-refractivity contribution in [1.82, 2.24) is 9.55 Å². The summed E-state index contributed by atoms with van der Waals surface area (Å²) in [5, 5.41) is 12.5. The van der Waals surface area contributed by atoms with Gasteiger partial charge in [0.15, 0.2) is 0 Å². The molecule has 57 heavy (non-hydrogen) atoms. The molecule has 0 saturated carbocycles. The smallest absolute Gasteiger partial charge is 0.0568 e. The first-order chi connectivity index (χ1) is 28.2. The number of aromatic nitrogens is 2. The Hall–Kier alpha value is -7.42. The fraction of sp³-hybridized carbons (Fsp3) is 0.0182. The van der Waals surface area contributed by atoms with Crippen LogP contribution in [0.5, 0.6) is 0 Å². The van der Waals surface area contributed by atoms with Crippen LogP contribution in [0.1, 0.15) is 0 Å². The Morgan fingerprint density at radius 3 is 1.68 bits per heavy atom. The molecule has 2 heterocycles. The van der Waals surface area contributed by atoms with E-state index in [1.165, 1.54) is 115 Å². The lowest BCUT2D eigenvalue weighted by molar-refractivity contribution is 1.02. The van der Waals surface area contributed by atoms with Gasteiger partial charge in [0.25, 0.3) is 0 Å². The predicted molar refractivity (Wildman–Crippen MR) is 244 cm³/mol. The van der Waals surface area contributed by atoms with Crippen molar-refractivity contribution in [2.75, 3.05) is 0 Å². The number of rotatable bonds is 4. The van der Waals surface area contributed by atoms with Crippen molar-refractivity contribution in [3.05, 3.63) is 194 Å². The molecule has 0 amide bonds. The summed E-state index contributed by atoms with van der Waals surface area (Å²) in [5.41, 5.74) is 14.7. The first-order valence-electron chi connectivity index (χ1n) is 19.7. The maximum Gasteiger partial charge on any atom is 0.0568 e. The van der Waals surface area contributed by atoms with Gasteiger partial charge in [-0.15, -0.1) is 0 Å². The lowest BCUT2D eigenvalue weighted by atomic mass is 9.85. The maximum absolute atomic E-state index is 3.80. The van der Waals surface area contributed by atoms with Crippen molar-refractivity contribution in [1.29, 1.82) is 0 Å². The summed E-state index contributed by atoms with van der Waals surface area (Å²) in [5.74, 6) is 0. The van der Waals surface area contributed by atoms with Gasteiger partial charge in [-0.2, -0.15) is 0 Å². The molecule has 1 N–H and O–H groups in total. The summed E-state index contributed by atoms with van der Waals surface area (Å²) in [6.45, 7) is 0. The second kappa shape index (κ2) is 12.3. The average Bonchev–Trinajstić information content (AvgIpc) is 3.80. The lowest BCUT2D eigenvalue weighted by Crippen LogP contribution is -1.93. The highest BCUT2D eigenvalue weighted by molar-refractivity contribution is 6.23. The number of aryl methyl sites for hydroxylation is 1. The van der Waals surface area contributed by atoms with Gasteiger partial charge in [-0.3, -0.25) is 0 Å². The van der Waals surface area contributed by atoms with Crippen molar-refractivity contribution in [3.8, 4) is 44.5 Å². The zero-order chi connectivity index (χ0) is 37.6. The van der Waals surface area contributed by atoms with Crippen molar-refractivity contribution in [2.45, 2.75) is 0 Å². The molecule has 0 aliphatic rings. The van der Waals surface area contributed by atoms with E-state index in [1.54, 1.807) is 0 Å². The molecule has 266 valence electrons. The van der Waals surface area contributed by atoms with E-state index >= 15 is 0 Å². The molecular formula is C55H36N2. The molecule has 12 aromatic rings. The van der Waals surface area contributed by atoms with Gasteiger partial charge in [0.05, 0.1) is 11.0 Å². The van der Waals surface area contributed by atoms with Crippen LogP contribution in [0.15, 0.2) is 194 Å². The topological polar surface area (TPSA) is 20.7 Å². The van der Waals surface area contributed by atoms with Crippen LogP contribution in [-0.4, -0.2) is 9.55 Å². The van der Waals surface area contributed by atoms with E-state index < -0.39 is 0 Å². The number of hydrogen-bond acceptors (Lipinski definition) is 0. The van der Waals surface area contributed by atoms with Gasteiger partial charge in [-0.05, 0) is 96.0 Å². The molecule has 0 aliphatic heterocycles. The van der Waals surface area contributed by atoms with E-state index in [4.69, 9.17) is 0 Å². The molecule has 2 heteroatoms. The molecule has 0 saturated heterocycles. The molecule has 0 radical (unpaired) electrons. The molecule has 10 aromatic carbocycles. The van der Waals surface area contributed by atoms with Crippen LogP contribution < -0.4 is 0 Å². The summed E-state index contributed by atoms with van der Waals surface area (Å²) in [7, 11) is 2.21. The summed E-state index contributed by atoms with van der Waals surface area (Å²) in [6.07, 6.45) is 0. The molecule has 0 atom stereocenters. The van der Waals surface area contributed by atoms with Gasteiger partial charge in [0, 0.05) is 50.8 Å². The highest BCUT2D eigenvalue weighted by Crippen LogP contribution is 2.46. The molecule has 0 unspecified atom stereocenters. The monoisotopic (exact) mass is 724 g/mol. The number of aromatic amines is 1. The third-order valence-electron chi connectivity index (χ3n) is 12.3. The second-order valence-corrected chi connectivity index (χ2v) is 15.4. The number of fused-ring (bicyclic) bond motifs is 9. The fourth-order valence-corrected chi connectivity index (χ4v) is 9.71. The quantitative estimate of drug-likeness (QED) is 0.175. The lowest BCUT2D eigenvalue weighted by Gasteiger charge is -2.18. The van der Waals surface area contributed by atoms with Crippen LogP contribution in [0, 0.1) is 0 Å². The number of nitrogens with one attached hydrogen (secondary N) is 1. The van der Waals surface area contributed by atoms with E-state index in [9.17, 15) is 0 Å². The van der Waals surface area contributed by atoms with Gasteiger partial charge in [0.2, 0.25) is 0 Å². The van der Waals surface area contributed by atoms with Crippen molar-refractivity contribution in [3.63, 3.8) is 0 Å². The highest BCUT2D eigenvalue weighted by atomic mass is 14.9. The largest absolute Gasteiger partial charge is 0.354 e. The molecule has 0 fully saturated rings. The minimum absolute atomic E-state index is 1.16. The first-order valence-corrected chi connectivity index (χ1v) is 19.7. The zero-order valence-electron chi connectivity index (χ0n) is 31.4. The molecule has 12 rings (SSSR count). The number of para-hydroxylation sites is 4. The third-order valence-corrected chi connectivity index (χ3v) is 12.3. The molecule has 2 aromatic heterocycles. The van der Waals surface area contributed by atoms with E-state index in [-0.39, 0.29) is 0 Å². The van der Waals surface area contributed by atoms with Crippen molar-refractivity contribution >= 4 is 75.9 Å². The van der Waals surface area contributed by atoms with Crippen molar-refractivity contribution in [2.24, 2.45) is 7.05 Å².